The van der Waals surface area contributed by atoms with Crippen molar-refractivity contribution in [3.63, 3.8) is 0 Å². The lowest BCUT2D eigenvalue weighted by molar-refractivity contribution is -0.117. The van der Waals surface area contributed by atoms with Gasteiger partial charge in [-0.05, 0) is 57.7 Å². The number of halogens is 1. The highest BCUT2D eigenvalue weighted by Gasteiger charge is 2.33. The average molecular weight is 373 g/mol. The molecule has 0 spiro atoms. The molecular formula is C18H17BrN2O2. The molecule has 1 unspecified atom stereocenters. The predicted octanol–water partition coefficient (Wildman–Crippen LogP) is 4.39. The maximum Gasteiger partial charge on any atom is 0.256 e. The van der Waals surface area contributed by atoms with Crippen molar-refractivity contribution >= 4 is 39.1 Å². The minimum Gasteiger partial charge on any atom is -0.325 e. The van der Waals surface area contributed by atoms with Crippen LogP contribution in [-0.4, -0.2) is 11.8 Å². The summed E-state index contributed by atoms with van der Waals surface area (Å²) < 4.78 is 0.746. The highest BCUT2D eigenvalue weighted by atomic mass is 79.9. The summed E-state index contributed by atoms with van der Waals surface area (Å²) in [5.41, 5.74) is 3.02. The molecule has 0 fully saturated rings. The Morgan fingerprint density at radius 1 is 1.22 bits per heavy atom. The minimum atomic E-state index is -0.184. The van der Waals surface area contributed by atoms with Crippen molar-refractivity contribution in [1.82, 2.24) is 0 Å². The Hall–Kier alpha value is -2.14. The van der Waals surface area contributed by atoms with Crippen molar-refractivity contribution in [3.8, 4) is 0 Å². The van der Waals surface area contributed by atoms with Crippen molar-refractivity contribution in [3.05, 3.63) is 58.1 Å². The molecule has 118 valence electrons. The quantitative estimate of drug-likeness (QED) is 0.838. The number of anilines is 2. The molecule has 3 rings (SSSR count). The van der Waals surface area contributed by atoms with Crippen LogP contribution in [0.2, 0.25) is 0 Å². The van der Waals surface area contributed by atoms with Gasteiger partial charge in [-0.3, -0.25) is 9.59 Å². The maximum absolute atomic E-state index is 12.4. The molecule has 2 aromatic rings. The molecule has 0 radical (unpaired) electrons. The number of hydrogen-bond donors (Lipinski definition) is 2. The first-order valence-corrected chi connectivity index (χ1v) is 8.27. The summed E-state index contributed by atoms with van der Waals surface area (Å²) in [7, 11) is 0. The van der Waals surface area contributed by atoms with E-state index in [4.69, 9.17) is 0 Å². The van der Waals surface area contributed by atoms with Crippen LogP contribution in [0.4, 0.5) is 11.4 Å². The number of hydrogen-bond acceptors (Lipinski definition) is 2. The van der Waals surface area contributed by atoms with Crippen LogP contribution < -0.4 is 10.6 Å². The van der Waals surface area contributed by atoms with Gasteiger partial charge in [-0.15, -0.1) is 0 Å². The van der Waals surface area contributed by atoms with E-state index in [2.05, 4.69) is 26.6 Å². The van der Waals surface area contributed by atoms with E-state index >= 15 is 0 Å². The SMILES string of the molecule is CC(C)C1C(=O)Nc2ccc(NC(=O)c3ccccc3Br)cc21. The van der Waals surface area contributed by atoms with Gasteiger partial charge in [-0.1, -0.05) is 26.0 Å². The molecule has 0 saturated carbocycles. The predicted molar refractivity (Wildman–Crippen MR) is 94.7 cm³/mol. The Morgan fingerprint density at radius 2 is 1.96 bits per heavy atom. The Labute approximate surface area is 143 Å². The fourth-order valence-corrected chi connectivity index (χ4v) is 3.33. The van der Waals surface area contributed by atoms with Gasteiger partial charge in [0.05, 0.1) is 11.5 Å². The van der Waals surface area contributed by atoms with Crippen LogP contribution in [-0.2, 0) is 4.79 Å². The monoisotopic (exact) mass is 372 g/mol. The van der Waals surface area contributed by atoms with E-state index in [1.54, 1.807) is 12.1 Å². The van der Waals surface area contributed by atoms with E-state index in [1.165, 1.54) is 0 Å². The first-order valence-electron chi connectivity index (χ1n) is 7.48. The smallest absolute Gasteiger partial charge is 0.256 e. The Morgan fingerprint density at radius 3 is 2.65 bits per heavy atom. The van der Waals surface area contributed by atoms with Gasteiger partial charge in [0.15, 0.2) is 0 Å². The summed E-state index contributed by atoms with van der Waals surface area (Å²) in [6.07, 6.45) is 0. The van der Waals surface area contributed by atoms with Gasteiger partial charge >= 0.3 is 0 Å². The average Bonchev–Trinajstić information content (AvgIpc) is 2.82. The van der Waals surface area contributed by atoms with Gasteiger partial charge < -0.3 is 10.6 Å². The Balaban J connectivity index is 1.87. The summed E-state index contributed by atoms with van der Waals surface area (Å²) in [5.74, 6) is -0.143. The van der Waals surface area contributed by atoms with Crippen molar-refractivity contribution in [2.45, 2.75) is 19.8 Å². The first-order chi connectivity index (χ1) is 11.0. The van der Waals surface area contributed by atoms with E-state index in [0.29, 0.717) is 11.3 Å². The van der Waals surface area contributed by atoms with Crippen LogP contribution in [0.1, 0.15) is 35.7 Å². The van der Waals surface area contributed by atoms with E-state index in [9.17, 15) is 9.59 Å². The third-order valence-corrected chi connectivity index (χ3v) is 4.66. The molecule has 1 heterocycles. The summed E-state index contributed by atoms with van der Waals surface area (Å²) in [6.45, 7) is 4.04. The van der Waals surface area contributed by atoms with E-state index in [0.717, 1.165) is 15.7 Å². The summed E-state index contributed by atoms with van der Waals surface area (Å²) >= 11 is 3.38. The third-order valence-electron chi connectivity index (χ3n) is 3.97. The minimum absolute atomic E-state index is 0.0179. The molecule has 0 aromatic heterocycles. The molecular weight excluding hydrogens is 356 g/mol. The zero-order chi connectivity index (χ0) is 16.6. The lowest BCUT2D eigenvalue weighted by Crippen LogP contribution is -2.17. The van der Waals surface area contributed by atoms with Crippen LogP contribution in [0.3, 0.4) is 0 Å². The van der Waals surface area contributed by atoms with E-state index in [1.807, 2.05) is 44.2 Å². The molecule has 1 atom stereocenters. The van der Waals surface area contributed by atoms with Crippen molar-refractivity contribution in [2.24, 2.45) is 5.92 Å². The van der Waals surface area contributed by atoms with Crippen molar-refractivity contribution in [2.75, 3.05) is 10.6 Å². The van der Waals surface area contributed by atoms with Crippen LogP contribution in [0.5, 0.6) is 0 Å². The van der Waals surface area contributed by atoms with Gasteiger partial charge in [-0.2, -0.15) is 0 Å². The highest BCUT2D eigenvalue weighted by Crippen LogP contribution is 2.38. The molecule has 2 N–H and O–H groups in total. The lowest BCUT2D eigenvalue weighted by atomic mass is 9.89. The zero-order valence-corrected chi connectivity index (χ0v) is 14.5. The van der Waals surface area contributed by atoms with Gasteiger partial charge in [-0.25, -0.2) is 0 Å². The molecule has 1 aliphatic heterocycles. The summed E-state index contributed by atoms with van der Waals surface area (Å²) in [4.78, 5) is 24.5. The van der Waals surface area contributed by atoms with Crippen LogP contribution in [0, 0.1) is 5.92 Å². The topological polar surface area (TPSA) is 58.2 Å². The number of nitrogens with one attached hydrogen (secondary N) is 2. The molecule has 23 heavy (non-hydrogen) atoms. The molecule has 1 aliphatic rings. The second-order valence-corrected chi connectivity index (χ2v) is 6.80. The second-order valence-electron chi connectivity index (χ2n) is 5.95. The molecule has 4 nitrogen and oxygen atoms in total. The summed E-state index contributed by atoms with van der Waals surface area (Å²) in [6, 6.07) is 12.8. The fraction of sp³-hybridized carbons (Fsp3) is 0.222. The summed E-state index contributed by atoms with van der Waals surface area (Å²) in [5, 5.41) is 5.79. The third kappa shape index (κ3) is 3.01. The number of benzene rings is 2. The standard InChI is InChI=1S/C18H17BrN2O2/c1-10(2)16-13-9-11(7-8-15(13)21-18(16)23)20-17(22)12-5-3-4-6-14(12)19/h3-10,16H,1-2H3,(H,20,22)(H,21,23). The van der Waals surface area contributed by atoms with Crippen LogP contribution in [0.15, 0.2) is 46.9 Å². The Kier molecular flexibility index (Phi) is 4.22. The molecule has 0 aliphatic carbocycles. The highest BCUT2D eigenvalue weighted by molar-refractivity contribution is 9.10. The van der Waals surface area contributed by atoms with E-state index < -0.39 is 0 Å². The van der Waals surface area contributed by atoms with Crippen LogP contribution in [0.25, 0.3) is 0 Å². The fourth-order valence-electron chi connectivity index (χ4n) is 2.87. The molecule has 5 heteroatoms. The largest absolute Gasteiger partial charge is 0.325 e. The molecule has 2 amide bonds. The van der Waals surface area contributed by atoms with Crippen molar-refractivity contribution in [1.29, 1.82) is 0 Å². The van der Waals surface area contributed by atoms with E-state index in [-0.39, 0.29) is 23.7 Å². The second kappa shape index (κ2) is 6.16. The maximum atomic E-state index is 12.4. The van der Waals surface area contributed by atoms with Gasteiger partial charge in [0, 0.05) is 15.8 Å². The Bertz CT molecular complexity index is 786. The van der Waals surface area contributed by atoms with Gasteiger partial charge in [0.25, 0.3) is 5.91 Å². The first kappa shape index (κ1) is 15.7. The number of amides is 2. The normalized spacial score (nSPS) is 16.2. The zero-order valence-electron chi connectivity index (χ0n) is 12.9. The number of rotatable bonds is 3. The molecule has 2 aromatic carbocycles. The lowest BCUT2D eigenvalue weighted by Gasteiger charge is -2.14. The van der Waals surface area contributed by atoms with Gasteiger partial charge in [0.2, 0.25) is 5.91 Å². The number of carbonyl (C=O) groups excluding carboxylic acids is 2. The number of fused-ring (bicyclic) bond motifs is 1. The molecule has 0 bridgehead atoms. The van der Waals surface area contributed by atoms with Crippen molar-refractivity contribution < 1.29 is 9.59 Å². The number of carbonyl (C=O) groups is 2. The van der Waals surface area contributed by atoms with Crippen LogP contribution >= 0.6 is 15.9 Å². The molecule has 0 saturated heterocycles. The van der Waals surface area contributed by atoms with Gasteiger partial charge in [0.1, 0.15) is 0 Å².